The van der Waals surface area contributed by atoms with Crippen molar-refractivity contribution < 1.29 is 4.39 Å². The summed E-state index contributed by atoms with van der Waals surface area (Å²) in [7, 11) is 0. The summed E-state index contributed by atoms with van der Waals surface area (Å²) in [5, 5.41) is 12.5. The molecule has 2 heterocycles. The molecule has 0 saturated heterocycles. The van der Waals surface area contributed by atoms with E-state index in [1.165, 1.54) is 12.1 Å². The van der Waals surface area contributed by atoms with Gasteiger partial charge in [0.2, 0.25) is 0 Å². The fourth-order valence-corrected chi connectivity index (χ4v) is 1.86. The van der Waals surface area contributed by atoms with Crippen molar-refractivity contribution in [2.24, 2.45) is 5.73 Å². The summed E-state index contributed by atoms with van der Waals surface area (Å²) in [5.41, 5.74) is 8.00. The van der Waals surface area contributed by atoms with E-state index in [4.69, 9.17) is 5.73 Å². The van der Waals surface area contributed by atoms with Crippen LogP contribution in [0.3, 0.4) is 0 Å². The second-order valence-electron chi connectivity index (χ2n) is 4.34. The molecule has 3 rings (SSSR count). The van der Waals surface area contributed by atoms with E-state index >= 15 is 0 Å². The molecule has 2 N–H and O–H groups in total. The van der Waals surface area contributed by atoms with Crippen LogP contribution in [0, 0.1) is 5.82 Å². The first-order valence-electron chi connectivity index (χ1n) is 5.89. The van der Waals surface area contributed by atoms with E-state index in [0.29, 0.717) is 17.2 Å². The minimum atomic E-state index is -0.273. The van der Waals surface area contributed by atoms with Crippen LogP contribution in [-0.2, 0) is 0 Å². The van der Waals surface area contributed by atoms with Gasteiger partial charge in [0.1, 0.15) is 5.82 Å². The molecule has 96 valence electrons. The Hall–Kier alpha value is -2.34. The number of hydrogen-bond donors (Lipinski definition) is 1. The Bertz CT molecular complexity index is 717. The highest BCUT2D eigenvalue weighted by atomic mass is 19.1. The SMILES string of the molecule is C[C@H](N)c1nnc2ccc(-c3ccc(F)cc3)nn12. The van der Waals surface area contributed by atoms with Crippen LogP contribution in [0.5, 0.6) is 0 Å². The molecular formula is C13H12FN5. The van der Waals surface area contributed by atoms with Crippen LogP contribution in [0.25, 0.3) is 16.9 Å². The van der Waals surface area contributed by atoms with Crippen LogP contribution in [0.4, 0.5) is 4.39 Å². The summed E-state index contributed by atoms with van der Waals surface area (Å²) in [6.45, 7) is 1.82. The molecule has 1 atom stereocenters. The van der Waals surface area contributed by atoms with Crippen molar-refractivity contribution in [3.05, 3.63) is 48.0 Å². The first-order chi connectivity index (χ1) is 9.15. The number of benzene rings is 1. The van der Waals surface area contributed by atoms with Crippen molar-refractivity contribution in [3.63, 3.8) is 0 Å². The Morgan fingerprint density at radius 3 is 2.53 bits per heavy atom. The van der Waals surface area contributed by atoms with Crippen molar-refractivity contribution in [2.75, 3.05) is 0 Å². The summed E-state index contributed by atoms with van der Waals surface area (Å²) < 4.78 is 14.5. The first-order valence-corrected chi connectivity index (χ1v) is 5.89. The molecule has 0 fully saturated rings. The second-order valence-corrected chi connectivity index (χ2v) is 4.34. The van der Waals surface area contributed by atoms with Crippen molar-refractivity contribution >= 4 is 5.65 Å². The van der Waals surface area contributed by atoms with Crippen LogP contribution in [0.1, 0.15) is 18.8 Å². The van der Waals surface area contributed by atoms with Crippen molar-refractivity contribution in [1.82, 2.24) is 19.8 Å². The summed E-state index contributed by atoms with van der Waals surface area (Å²) >= 11 is 0. The van der Waals surface area contributed by atoms with Crippen molar-refractivity contribution in [2.45, 2.75) is 13.0 Å². The topological polar surface area (TPSA) is 69.1 Å². The number of aromatic nitrogens is 4. The predicted molar refractivity (Wildman–Crippen MR) is 68.8 cm³/mol. The molecule has 6 heteroatoms. The average molecular weight is 257 g/mol. The lowest BCUT2D eigenvalue weighted by Gasteiger charge is -2.04. The fourth-order valence-electron chi connectivity index (χ4n) is 1.86. The third-order valence-electron chi connectivity index (χ3n) is 2.83. The monoisotopic (exact) mass is 257 g/mol. The van der Waals surface area contributed by atoms with E-state index in [-0.39, 0.29) is 11.9 Å². The lowest BCUT2D eigenvalue weighted by Crippen LogP contribution is -2.11. The van der Waals surface area contributed by atoms with Crippen LogP contribution < -0.4 is 5.73 Å². The summed E-state index contributed by atoms with van der Waals surface area (Å²) in [5.74, 6) is 0.323. The average Bonchev–Trinajstić information content (AvgIpc) is 2.82. The molecule has 0 aliphatic carbocycles. The van der Waals surface area contributed by atoms with Gasteiger partial charge in [-0.25, -0.2) is 4.39 Å². The van der Waals surface area contributed by atoms with Gasteiger partial charge in [-0.3, -0.25) is 0 Å². The van der Waals surface area contributed by atoms with E-state index in [1.54, 1.807) is 16.6 Å². The molecule has 3 aromatic rings. The lowest BCUT2D eigenvalue weighted by molar-refractivity contribution is 0.628. The van der Waals surface area contributed by atoms with Crippen molar-refractivity contribution in [1.29, 1.82) is 0 Å². The highest BCUT2D eigenvalue weighted by Gasteiger charge is 2.11. The Labute approximate surface area is 108 Å². The number of nitrogens with zero attached hydrogens (tertiary/aromatic N) is 4. The number of fused-ring (bicyclic) bond motifs is 1. The number of hydrogen-bond acceptors (Lipinski definition) is 4. The summed E-state index contributed by atoms with van der Waals surface area (Å²) in [6.07, 6.45) is 0. The van der Waals surface area contributed by atoms with Gasteiger partial charge in [0, 0.05) is 5.56 Å². The van der Waals surface area contributed by atoms with Crippen LogP contribution in [0.2, 0.25) is 0 Å². The zero-order chi connectivity index (χ0) is 13.4. The minimum absolute atomic E-state index is 0.258. The first kappa shape index (κ1) is 11.7. The highest BCUT2D eigenvalue weighted by molar-refractivity contribution is 5.60. The standard InChI is InChI=1S/C13H12FN5/c1-8(15)13-17-16-12-7-6-11(18-19(12)13)9-2-4-10(14)5-3-9/h2-8H,15H2,1H3/t8-/m0/s1. The van der Waals surface area contributed by atoms with Gasteiger partial charge in [0.25, 0.3) is 0 Å². The van der Waals surface area contributed by atoms with Gasteiger partial charge >= 0.3 is 0 Å². The lowest BCUT2D eigenvalue weighted by atomic mass is 10.1. The predicted octanol–water partition coefficient (Wildman–Crippen LogP) is 1.95. The molecule has 0 spiro atoms. The van der Waals surface area contributed by atoms with Crippen LogP contribution in [-0.4, -0.2) is 19.8 Å². The Balaban J connectivity index is 2.14. The second kappa shape index (κ2) is 4.40. The largest absolute Gasteiger partial charge is 0.321 e. The molecule has 0 aliphatic rings. The van der Waals surface area contributed by atoms with E-state index in [2.05, 4.69) is 15.3 Å². The van der Waals surface area contributed by atoms with Crippen LogP contribution in [0.15, 0.2) is 36.4 Å². The third kappa shape index (κ3) is 2.06. The molecule has 0 unspecified atom stereocenters. The third-order valence-corrected chi connectivity index (χ3v) is 2.83. The number of rotatable bonds is 2. The van der Waals surface area contributed by atoms with Crippen molar-refractivity contribution in [3.8, 4) is 11.3 Å². The zero-order valence-corrected chi connectivity index (χ0v) is 10.3. The van der Waals surface area contributed by atoms with E-state index in [0.717, 1.165) is 5.56 Å². The molecule has 0 bridgehead atoms. The summed E-state index contributed by atoms with van der Waals surface area (Å²) in [4.78, 5) is 0. The normalized spacial score (nSPS) is 12.8. The molecule has 1 aromatic carbocycles. The van der Waals surface area contributed by atoms with Gasteiger partial charge in [-0.2, -0.15) is 9.61 Å². The fraction of sp³-hybridized carbons (Fsp3) is 0.154. The molecule has 0 amide bonds. The molecular weight excluding hydrogens is 245 g/mol. The molecule has 0 aliphatic heterocycles. The highest BCUT2D eigenvalue weighted by Crippen LogP contribution is 2.18. The Morgan fingerprint density at radius 2 is 1.84 bits per heavy atom. The minimum Gasteiger partial charge on any atom is -0.321 e. The van der Waals surface area contributed by atoms with Gasteiger partial charge in [-0.05, 0) is 43.3 Å². The molecule has 19 heavy (non-hydrogen) atoms. The molecule has 5 nitrogen and oxygen atoms in total. The molecule has 0 saturated carbocycles. The van der Waals surface area contributed by atoms with E-state index in [9.17, 15) is 4.39 Å². The maximum atomic E-state index is 12.9. The molecule has 2 aromatic heterocycles. The smallest absolute Gasteiger partial charge is 0.178 e. The summed E-state index contributed by atoms with van der Waals surface area (Å²) in [6, 6.07) is 9.54. The maximum Gasteiger partial charge on any atom is 0.178 e. The Morgan fingerprint density at radius 1 is 1.11 bits per heavy atom. The van der Waals surface area contributed by atoms with Gasteiger partial charge in [-0.15, -0.1) is 10.2 Å². The zero-order valence-electron chi connectivity index (χ0n) is 10.3. The Kier molecular flexibility index (Phi) is 2.72. The quantitative estimate of drug-likeness (QED) is 0.761. The van der Waals surface area contributed by atoms with E-state index in [1.807, 2.05) is 19.1 Å². The van der Waals surface area contributed by atoms with Crippen LogP contribution >= 0.6 is 0 Å². The maximum absolute atomic E-state index is 12.9. The van der Waals surface area contributed by atoms with Gasteiger partial charge < -0.3 is 5.73 Å². The van der Waals surface area contributed by atoms with Gasteiger partial charge in [-0.1, -0.05) is 0 Å². The number of nitrogens with two attached hydrogens (primary N) is 1. The molecule has 0 radical (unpaired) electrons. The van der Waals surface area contributed by atoms with Gasteiger partial charge in [0.05, 0.1) is 11.7 Å². The number of halogens is 1. The van der Waals surface area contributed by atoms with E-state index < -0.39 is 0 Å². The van der Waals surface area contributed by atoms with Gasteiger partial charge in [0.15, 0.2) is 11.5 Å².